The van der Waals surface area contributed by atoms with Crippen LogP contribution in [0.1, 0.15) is 22.6 Å². The summed E-state index contributed by atoms with van der Waals surface area (Å²) in [6.45, 7) is 8.26. The Hall–Kier alpha value is -2.14. The van der Waals surface area contributed by atoms with Gasteiger partial charge in [0.25, 0.3) is 5.56 Å². The average molecular weight is 434 g/mol. The summed E-state index contributed by atoms with van der Waals surface area (Å²) in [5.41, 5.74) is 1.82. The van der Waals surface area contributed by atoms with Crippen molar-refractivity contribution in [2.24, 2.45) is 0 Å². The first-order chi connectivity index (χ1) is 14.0. The zero-order chi connectivity index (χ0) is 20.4. The molecule has 3 aromatic rings. The molecule has 0 aliphatic carbocycles. The maximum atomic E-state index is 12.7. The Morgan fingerprint density at radius 3 is 2.90 bits per heavy atom. The molecule has 0 aromatic carbocycles. The number of carbonyl (C=O) groups excluding carboxylic acids is 1. The van der Waals surface area contributed by atoms with Crippen molar-refractivity contribution in [1.29, 1.82) is 0 Å². The quantitative estimate of drug-likeness (QED) is 0.642. The van der Waals surface area contributed by atoms with Crippen LogP contribution in [0.4, 0.5) is 5.13 Å². The van der Waals surface area contributed by atoms with Crippen LogP contribution in [-0.4, -0.2) is 51.6 Å². The van der Waals surface area contributed by atoms with Crippen molar-refractivity contribution < 1.29 is 9.53 Å². The smallest absolute Gasteiger partial charge is 0.262 e. The van der Waals surface area contributed by atoms with Crippen LogP contribution in [0, 0.1) is 13.8 Å². The van der Waals surface area contributed by atoms with Crippen LogP contribution < -0.4 is 10.9 Å². The van der Waals surface area contributed by atoms with Gasteiger partial charge >= 0.3 is 0 Å². The second kappa shape index (κ2) is 8.70. The summed E-state index contributed by atoms with van der Waals surface area (Å²) in [5, 5.41) is 6.04. The third kappa shape index (κ3) is 4.55. The van der Waals surface area contributed by atoms with Gasteiger partial charge in [0.05, 0.1) is 30.6 Å². The lowest BCUT2D eigenvalue weighted by Gasteiger charge is -2.25. The molecule has 10 heteroatoms. The van der Waals surface area contributed by atoms with Crippen molar-refractivity contribution in [2.75, 3.05) is 31.6 Å². The highest BCUT2D eigenvalue weighted by Crippen LogP contribution is 2.25. The molecule has 3 aromatic heterocycles. The van der Waals surface area contributed by atoms with Gasteiger partial charge in [0.2, 0.25) is 5.91 Å². The Kier molecular flexibility index (Phi) is 6.04. The van der Waals surface area contributed by atoms with Gasteiger partial charge in [0.15, 0.2) is 5.13 Å². The molecule has 1 amide bonds. The number of aryl methyl sites for hydroxylation is 3. The first kappa shape index (κ1) is 20.1. The molecule has 1 aliphatic rings. The van der Waals surface area contributed by atoms with Crippen molar-refractivity contribution in [3.05, 3.63) is 38.2 Å². The van der Waals surface area contributed by atoms with E-state index in [1.807, 2.05) is 19.2 Å². The number of rotatable bonds is 6. The lowest BCUT2D eigenvalue weighted by Crippen LogP contribution is -2.35. The van der Waals surface area contributed by atoms with Crippen molar-refractivity contribution >= 4 is 43.9 Å². The topological polar surface area (TPSA) is 89.3 Å². The summed E-state index contributed by atoms with van der Waals surface area (Å²) >= 11 is 2.94. The number of aromatic nitrogens is 3. The summed E-state index contributed by atoms with van der Waals surface area (Å²) in [4.78, 5) is 38.0. The van der Waals surface area contributed by atoms with Crippen LogP contribution in [-0.2, 0) is 22.6 Å². The first-order valence-electron chi connectivity index (χ1n) is 9.51. The molecule has 8 nitrogen and oxygen atoms in total. The van der Waals surface area contributed by atoms with Gasteiger partial charge in [-0.2, -0.15) is 0 Å². The summed E-state index contributed by atoms with van der Waals surface area (Å²) in [5.74, 6) is -0.164. The molecular weight excluding hydrogens is 410 g/mol. The Morgan fingerprint density at radius 2 is 2.10 bits per heavy atom. The van der Waals surface area contributed by atoms with E-state index in [1.165, 1.54) is 33.6 Å². The standard InChI is InChI=1S/C19H23N5O3S2/c1-12-13(2)29-17-16(12)18(26)24(11-20-17)4-3-15(25)22-19-21-14(10-28-19)9-23-5-7-27-8-6-23/h10-11H,3-9H2,1-2H3,(H,21,22,25). The maximum Gasteiger partial charge on any atom is 0.262 e. The molecule has 0 unspecified atom stereocenters. The number of carbonyl (C=O) groups is 1. The van der Waals surface area contributed by atoms with Crippen LogP contribution in [0.25, 0.3) is 10.2 Å². The van der Waals surface area contributed by atoms with Gasteiger partial charge in [-0.25, -0.2) is 9.97 Å². The molecule has 1 fully saturated rings. The van der Waals surface area contributed by atoms with E-state index in [2.05, 4.69) is 20.2 Å². The molecule has 29 heavy (non-hydrogen) atoms. The summed E-state index contributed by atoms with van der Waals surface area (Å²) < 4.78 is 6.86. The number of ether oxygens (including phenoxy) is 1. The minimum absolute atomic E-state index is 0.0910. The number of nitrogens with one attached hydrogen (secondary N) is 1. The molecule has 1 N–H and O–H groups in total. The fraction of sp³-hybridized carbons (Fsp3) is 0.474. The van der Waals surface area contributed by atoms with Gasteiger partial charge in [-0.1, -0.05) is 0 Å². The normalized spacial score (nSPS) is 15.1. The minimum atomic E-state index is -0.164. The predicted octanol–water partition coefficient (Wildman–Crippen LogP) is 2.39. The molecule has 4 rings (SSSR count). The molecule has 1 aliphatic heterocycles. The Balaban J connectivity index is 1.34. The lowest BCUT2D eigenvalue weighted by atomic mass is 10.2. The van der Waals surface area contributed by atoms with Crippen molar-refractivity contribution in [1.82, 2.24) is 19.4 Å². The zero-order valence-electron chi connectivity index (χ0n) is 16.4. The lowest BCUT2D eigenvalue weighted by molar-refractivity contribution is -0.116. The third-order valence-corrected chi connectivity index (χ3v) is 6.94. The number of hydrogen-bond acceptors (Lipinski definition) is 8. The summed E-state index contributed by atoms with van der Waals surface area (Å²) in [6, 6.07) is 0. The average Bonchev–Trinajstić information content (AvgIpc) is 3.26. The molecule has 0 bridgehead atoms. The number of amides is 1. The second-order valence-electron chi connectivity index (χ2n) is 7.04. The molecule has 0 spiro atoms. The summed E-state index contributed by atoms with van der Waals surface area (Å²) in [6.07, 6.45) is 1.71. The van der Waals surface area contributed by atoms with Crippen LogP contribution in [0.5, 0.6) is 0 Å². The molecule has 1 saturated heterocycles. The highest BCUT2D eigenvalue weighted by Gasteiger charge is 2.15. The number of fused-ring (bicyclic) bond motifs is 1. The number of anilines is 1. The van der Waals surface area contributed by atoms with Gasteiger partial charge in [0.1, 0.15) is 4.83 Å². The first-order valence-corrected chi connectivity index (χ1v) is 11.2. The van der Waals surface area contributed by atoms with E-state index in [0.29, 0.717) is 10.5 Å². The second-order valence-corrected chi connectivity index (χ2v) is 9.10. The van der Waals surface area contributed by atoms with Gasteiger partial charge in [-0.05, 0) is 19.4 Å². The third-order valence-electron chi connectivity index (χ3n) is 5.02. The van der Waals surface area contributed by atoms with E-state index < -0.39 is 0 Å². The molecule has 0 atom stereocenters. The Morgan fingerprint density at radius 1 is 1.31 bits per heavy atom. The largest absolute Gasteiger partial charge is 0.379 e. The maximum absolute atomic E-state index is 12.7. The van der Waals surface area contributed by atoms with E-state index in [1.54, 1.807) is 0 Å². The van der Waals surface area contributed by atoms with E-state index in [0.717, 1.165) is 53.8 Å². The van der Waals surface area contributed by atoms with E-state index in [-0.39, 0.29) is 24.4 Å². The predicted molar refractivity (Wildman–Crippen MR) is 115 cm³/mol. The van der Waals surface area contributed by atoms with E-state index >= 15 is 0 Å². The van der Waals surface area contributed by atoms with Gasteiger partial charge < -0.3 is 10.1 Å². The fourth-order valence-corrected chi connectivity index (χ4v) is 4.96. The Labute approximate surface area is 176 Å². The zero-order valence-corrected chi connectivity index (χ0v) is 18.1. The van der Waals surface area contributed by atoms with Crippen molar-refractivity contribution in [3.8, 4) is 0 Å². The number of morpholine rings is 1. The Bertz CT molecular complexity index is 1080. The molecule has 0 saturated carbocycles. The molecule has 4 heterocycles. The van der Waals surface area contributed by atoms with Crippen LogP contribution in [0.3, 0.4) is 0 Å². The van der Waals surface area contributed by atoms with Crippen LogP contribution in [0.15, 0.2) is 16.5 Å². The number of hydrogen-bond donors (Lipinski definition) is 1. The van der Waals surface area contributed by atoms with Crippen LogP contribution in [0.2, 0.25) is 0 Å². The number of thiazole rings is 1. The van der Waals surface area contributed by atoms with Crippen LogP contribution >= 0.6 is 22.7 Å². The number of thiophene rings is 1. The highest BCUT2D eigenvalue weighted by atomic mass is 32.1. The van der Waals surface area contributed by atoms with Gasteiger partial charge in [-0.3, -0.25) is 19.1 Å². The van der Waals surface area contributed by atoms with Crippen molar-refractivity contribution in [2.45, 2.75) is 33.4 Å². The van der Waals surface area contributed by atoms with Crippen molar-refractivity contribution in [3.63, 3.8) is 0 Å². The summed E-state index contributed by atoms with van der Waals surface area (Å²) in [7, 11) is 0. The van der Waals surface area contributed by atoms with Gasteiger partial charge in [0, 0.05) is 42.9 Å². The minimum Gasteiger partial charge on any atom is -0.379 e. The fourth-order valence-electron chi connectivity index (χ4n) is 3.26. The number of nitrogens with zero attached hydrogens (tertiary/aromatic N) is 4. The van der Waals surface area contributed by atoms with E-state index in [9.17, 15) is 9.59 Å². The molecule has 154 valence electrons. The molecule has 0 radical (unpaired) electrons. The monoisotopic (exact) mass is 433 g/mol. The van der Waals surface area contributed by atoms with Gasteiger partial charge in [-0.15, -0.1) is 22.7 Å². The highest BCUT2D eigenvalue weighted by molar-refractivity contribution is 7.18. The SMILES string of the molecule is Cc1sc2ncn(CCC(=O)Nc3nc(CN4CCOCC4)cs3)c(=O)c2c1C. The van der Waals surface area contributed by atoms with E-state index in [4.69, 9.17) is 4.74 Å². The molecular formula is C19H23N5O3S2.